The second kappa shape index (κ2) is 6.25. The number of aliphatic imine (C=N–C) groups is 1. The number of benzene rings is 1. The van der Waals surface area contributed by atoms with E-state index in [0.29, 0.717) is 24.5 Å². The van der Waals surface area contributed by atoms with Gasteiger partial charge in [-0.15, -0.1) is 0 Å². The summed E-state index contributed by atoms with van der Waals surface area (Å²) in [5.41, 5.74) is 8.16. The van der Waals surface area contributed by atoms with Gasteiger partial charge in [0.15, 0.2) is 0 Å². The first-order valence-corrected chi connectivity index (χ1v) is 7.30. The van der Waals surface area contributed by atoms with E-state index in [4.69, 9.17) is 15.2 Å². The van der Waals surface area contributed by atoms with Crippen LogP contribution in [0.2, 0.25) is 0 Å². The number of alkyl carbamates (subject to hydrolysis) is 1. The number of fused-ring (bicyclic) bond motifs is 1. The highest BCUT2D eigenvalue weighted by molar-refractivity contribution is 5.87. The molecule has 1 aliphatic heterocycles. The summed E-state index contributed by atoms with van der Waals surface area (Å²) in [6.45, 7) is 8.30. The first-order chi connectivity index (χ1) is 10.2. The smallest absolute Gasteiger partial charge is 0.407 e. The highest BCUT2D eigenvalue weighted by atomic mass is 16.6. The molecule has 1 atom stereocenters. The first-order valence-electron chi connectivity index (χ1n) is 7.30. The first kappa shape index (κ1) is 16.1. The summed E-state index contributed by atoms with van der Waals surface area (Å²) in [4.78, 5) is 15.8. The second-order valence-electron chi connectivity index (χ2n) is 6.37. The van der Waals surface area contributed by atoms with Crippen molar-refractivity contribution in [3.05, 3.63) is 23.3 Å². The van der Waals surface area contributed by atoms with Crippen LogP contribution in [-0.4, -0.2) is 30.6 Å². The van der Waals surface area contributed by atoms with E-state index in [1.807, 2.05) is 46.0 Å². The topological polar surface area (TPSA) is 85.9 Å². The summed E-state index contributed by atoms with van der Waals surface area (Å²) in [6.07, 6.45) is 1.12. The number of amides is 1. The van der Waals surface area contributed by atoms with Gasteiger partial charge in [0.05, 0.1) is 18.8 Å². The number of nitrogens with zero attached hydrogens (tertiary/aromatic N) is 1. The molecule has 0 aliphatic carbocycles. The van der Waals surface area contributed by atoms with Gasteiger partial charge in [-0.2, -0.15) is 0 Å². The number of nitrogen functional groups attached to an aromatic ring is 1. The Morgan fingerprint density at radius 1 is 1.45 bits per heavy atom. The molecule has 1 heterocycles. The van der Waals surface area contributed by atoms with Gasteiger partial charge in [-0.05, 0) is 51.0 Å². The zero-order chi connectivity index (χ0) is 16.3. The Morgan fingerprint density at radius 2 is 2.18 bits per heavy atom. The molecule has 2 rings (SSSR count). The second-order valence-corrected chi connectivity index (χ2v) is 6.37. The molecule has 1 aromatic rings. The van der Waals surface area contributed by atoms with E-state index < -0.39 is 11.7 Å². The summed E-state index contributed by atoms with van der Waals surface area (Å²) in [5, 5.41) is 2.68. The molecule has 0 saturated heterocycles. The lowest BCUT2D eigenvalue weighted by Crippen LogP contribution is -2.37. The Bertz CT molecular complexity index is 591. The third-order valence-corrected chi connectivity index (χ3v) is 3.02. The van der Waals surface area contributed by atoms with Crippen LogP contribution in [0.15, 0.2) is 17.1 Å². The number of anilines is 1. The van der Waals surface area contributed by atoms with E-state index in [-0.39, 0.29) is 6.10 Å². The van der Waals surface area contributed by atoms with Crippen molar-refractivity contribution in [3.63, 3.8) is 0 Å². The van der Waals surface area contributed by atoms with Gasteiger partial charge < -0.3 is 20.5 Å². The number of hydrogen-bond acceptors (Lipinski definition) is 5. The van der Waals surface area contributed by atoms with Gasteiger partial charge in [0.2, 0.25) is 0 Å². The quantitative estimate of drug-likeness (QED) is 0.837. The lowest BCUT2D eigenvalue weighted by atomic mass is 10.1. The van der Waals surface area contributed by atoms with Crippen molar-refractivity contribution in [2.75, 3.05) is 12.3 Å². The van der Waals surface area contributed by atoms with Crippen LogP contribution in [0.25, 0.3) is 0 Å². The van der Waals surface area contributed by atoms with E-state index in [2.05, 4.69) is 10.3 Å². The minimum Gasteiger partial charge on any atom is -0.487 e. The van der Waals surface area contributed by atoms with Crippen molar-refractivity contribution < 1.29 is 14.3 Å². The predicted molar refractivity (Wildman–Crippen MR) is 86.5 cm³/mol. The van der Waals surface area contributed by atoms with Gasteiger partial charge in [-0.25, -0.2) is 4.79 Å². The molecule has 3 N–H and O–H groups in total. The van der Waals surface area contributed by atoms with Crippen molar-refractivity contribution >= 4 is 18.0 Å². The van der Waals surface area contributed by atoms with Crippen LogP contribution in [0.4, 0.5) is 10.5 Å². The predicted octanol–water partition coefficient (Wildman–Crippen LogP) is 2.49. The van der Waals surface area contributed by atoms with Crippen LogP contribution in [0.3, 0.4) is 0 Å². The highest BCUT2D eigenvalue weighted by Crippen LogP contribution is 2.28. The van der Waals surface area contributed by atoms with Crippen molar-refractivity contribution in [3.8, 4) is 5.75 Å². The monoisotopic (exact) mass is 305 g/mol. The van der Waals surface area contributed by atoms with Crippen molar-refractivity contribution in [1.29, 1.82) is 0 Å². The molecular formula is C16H23N3O3. The minimum atomic E-state index is -0.515. The molecule has 0 spiro atoms. The molecule has 6 heteroatoms. The molecule has 0 radical (unpaired) electrons. The maximum absolute atomic E-state index is 11.6. The van der Waals surface area contributed by atoms with Gasteiger partial charge >= 0.3 is 6.09 Å². The fraction of sp³-hybridized carbons (Fsp3) is 0.500. The molecule has 6 nitrogen and oxygen atoms in total. The minimum absolute atomic E-state index is 0.227. The van der Waals surface area contributed by atoms with E-state index in [9.17, 15) is 4.79 Å². The number of nitrogens with one attached hydrogen (secondary N) is 1. The number of ether oxygens (including phenoxy) is 2. The maximum atomic E-state index is 11.6. The number of hydrogen-bond donors (Lipinski definition) is 2. The van der Waals surface area contributed by atoms with Gasteiger partial charge in [0.25, 0.3) is 0 Å². The number of nitrogens with two attached hydrogens (primary N) is 1. The van der Waals surface area contributed by atoms with E-state index in [1.165, 1.54) is 0 Å². The van der Waals surface area contributed by atoms with E-state index in [1.54, 1.807) is 0 Å². The van der Waals surface area contributed by atoms with Crippen LogP contribution in [0.1, 0.15) is 38.8 Å². The Balaban J connectivity index is 1.88. The molecule has 1 aliphatic rings. The summed E-state index contributed by atoms with van der Waals surface area (Å²) < 4.78 is 11.0. The molecule has 0 bridgehead atoms. The van der Waals surface area contributed by atoms with Crippen LogP contribution < -0.4 is 15.8 Å². The highest BCUT2D eigenvalue weighted by Gasteiger charge is 2.17. The molecule has 0 unspecified atom stereocenters. The van der Waals surface area contributed by atoms with E-state index >= 15 is 0 Å². The van der Waals surface area contributed by atoms with Crippen LogP contribution in [0, 0.1) is 0 Å². The summed E-state index contributed by atoms with van der Waals surface area (Å²) >= 11 is 0. The maximum Gasteiger partial charge on any atom is 0.407 e. The Morgan fingerprint density at radius 3 is 2.86 bits per heavy atom. The Kier molecular flexibility index (Phi) is 4.59. The SMILES string of the molecule is C[C@H](CNC(=O)OC(C)(C)C)Oc1cc2c(cc1N)C=NC2. The molecule has 0 saturated carbocycles. The Hall–Kier alpha value is -2.24. The lowest BCUT2D eigenvalue weighted by Gasteiger charge is -2.21. The van der Waals surface area contributed by atoms with Gasteiger partial charge in [0, 0.05) is 6.21 Å². The van der Waals surface area contributed by atoms with Crippen molar-refractivity contribution in [2.24, 2.45) is 4.99 Å². The lowest BCUT2D eigenvalue weighted by molar-refractivity contribution is 0.0505. The third-order valence-electron chi connectivity index (χ3n) is 3.02. The largest absolute Gasteiger partial charge is 0.487 e. The van der Waals surface area contributed by atoms with Crippen LogP contribution >= 0.6 is 0 Å². The fourth-order valence-electron chi connectivity index (χ4n) is 2.06. The number of rotatable bonds is 4. The average Bonchev–Trinajstić information content (AvgIpc) is 2.82. The average molecular weight is 305 g/mol. The normalized spacial score (nSPS) is 14.4. The third kappa shape index (κ3) is 4.38. The zero-order valence-corrected chi connectivity index (χ0v) is 13.5. The number of carbonyl (C=O) groups excluding carboxylic acids is 1. The van der Waals surface area contributed by atoms with Gasteiger partial charge in [-0.1, -0.05) is 0 Å². The van der Waals surface area contributed by atoms with Crippen LogP contribution in [-0.2, 0) is 11.3 Å². The van der Waals surface area contributed by atoms with E-state index in [0.717, 1.165) is 11.1 Å². The number of carbonyl (C=O) groups is 1. The van der Waals surface area contributed by atoms with Crippen LogP contribution in [0.5, 0.6) is 5.75 Å². The zero-order valence-electron chi connectivity index (χ0n) is 13.5. The summed E-state index contributed by atoms with van der Waals surface area (Å²) in [5.74, 6) is 0.614. The molecule has 22 heavy (non-hydrogen) atoms. The standard InChI is InChI=1S/C16H23N3O3/c1-10(7-19-15(20)22-16(2,3)4)21-14-6-12-9-18-8-11(12)5-13(14)17/h5-6,8,10H,7,9,17H2,1-4H3,(H,19,20)/t10-/m1/s1. The molecule has 0 aromatic heterocycles. The molecule has 120 valence electrons. The molecule has 1 amide bonds. The van der Waals surface area contributed by atoms with Crippen molar-refractivity contribution in [2.45, 2.75) is 45.9 Å². The Labute approximate surface area is 130 Å². The fourth-order valence-corrected chi connectivity index (χ4v) is 2.06. The summed E-state index contributed by atoms with van der Waals surface area (Å²) in [7, 11) is 0. The molecular weight excluding hydrogens is 282 g/mol. The van der Waals surface area contributed by atoms with Gasteiger partial charge in [0.1, 0.15) is 17.5 Å². The molecule has 0 fully saturated rings. The molecule has 1 aromatic carbocycles. The van der Waals surface area contributed by atoms with Crippen molar-refractivity contribution in [1.82, 2.24) is 5.32 Å². The van der Waals surface area contributed by atoms with Gasteiger partial charge in [-0.3, -0.25) is 4.99 Å². The summed E-state index contributed by atoms with van der Waals surface area (Å²) in [6, 6.07) is 3.76.